The highest BCUT2D eigenvalue weighted by Crippen LogP contribution is 2.42. The van der Waals surface area contributed by atoms with Gasteiger partial charge in [-0.1, -0.05) is 285 Å². The molecule has 0 amide bonds. The maximum atomic E-state index is 14.2. The summed E-state index contributed by atoms with van der Waals surface area (Å²) in [6.45, 7) is 11.2. The summed E-state index contributed by atoms with van der Waals surface area (Å²) in [5, 5.41) is 0. The highest BCUT2D eigenvalue weighted by molar-refractivity contribution is 5.96. The van der Waals surface area contributed by atoms with Gasteiger partial charge in [0.2, 0.25) is 0 Å². The molecular formula is C86H126O12. The van der Waals surface area contributed by atoms with Crippen LogP contribution in [0.15, 0.2) is 109 Å². The summed E-state index contributed by atoms with van der Waals surface area (Å²) in [4.78, 5) is 56.7. The molecule has 0 atom stereocenters. The Morgan fingerprint density at radius 2 is 0.347 bits per heavy atom. The lowest BCUT2D eigenvalue weighted by molar-refractivity contribution is 0.0662. The first-order valence-corrected chi connectivity index (χ1v) is 39.2. The summed E-state index contributed by atoms with van der Waals surface area (Å²) in [6, 6.07) is 28.9. The fraction of sp³-hybridized carbons (Fsp3) is 0.605. The zero-order valence-electron chi connectivity index (χ0n) is 61.2. The van der Waals surface area contributed by atoms with E-state index in [4.69, 9.17) is 37.9 Å². The molecule has 98 heavy (non-hydrogen) atoms. The minimum Gasteiger partial charge on any atom is -0.494 e. The first kappa shape index (κ1) is 81.9. The molecule has 0 aliphatic rings. The van der Waals surface area contributed by atoms with E-state index in [1.54, 1.807) is 97.1 Å². The summed E-state index contributed by atoms with van der Waals surface area (Å²) in [7, 11) is 0. The van der Waals surface area contributed by atoms with Crippen molar-refractivity contribution in [1.82, 2.24) is 0 Å². The van der Waals surface area contributed by atoms with Gasteiger partial charge in [-0.15, -0.1) is 0 Å². The van der Waals surface area contributed by atoms with Crippen molar-refractivity contribution in [1.29, 1.82) is 0 Å². The van der Waals surface area contributed by atoms with Crippen LogP contribution in [0.1, 0.15) is 352 Å². The summed E-state index contributed by atoms with van der Waals surface area (Å²) < 4.78 is 48.5. The molecule has 542 valence electrons. The van der Waals surface area contributed by atoms with E-state index in [1.165, 1.54) is 243 Å². The number of rotatable bonds is 60. The van der Waals surface area contributed by atoms with Gasteiger partial charge in [0.05, 0.1) is 48.7 Å². The predicted octanol–water partition coefficient (Wildman–Crippen LogP) is 25.3. The van der Waals surface area contributed by atoms with Gasteiger partial charge in [0.1, 0.15) is 23.0 Å². The lowest BCUT2D eigenvalue weighted by atomic mass is 10.1. The zero-order valence-corrected chi connectivity index (χ0v) is 61.2. The van der Waals surface area contributed by atoms with Crippen LogP contribution in [0.3, 0.4) is 0 Å². The van der Waals surface area contributed by atoms with Crippen molar-refractivity contribution < 1.29 is 57.1 Å². The number of carbonyl (C=O) groups is 4. The van der Waals surface area contributed by atoms with Crippen LogP contribution >= 0.6 is 0 Å². The zero-order chi connectivity index (χ0) is 69.6. The molecule has 5 aromatic carbocycles. The van der Waals surface area contributed by atoms with Crippen LogP contribution in [-0.4, -0.2) is 50.3 Å². The molecule has 5 aromatic rings. The number of hydrogen-bond donors (Lipinski definition) is 0. The Labute approximate surface area is 592 Å². The van der Waals surface area contributed by atoms with E-state index >= 15 is 0 Å². The van der Waals surface area contributed by atoms with Crippen molar-refractivity contribution in [2.45, 2.75) is 310 Å². The molecule has 0 N–H and O–H groups in total. The Bertz CT molecular complexity index is 2460. The van der Waals surface area contributed by atoms with Crippen LogP contribution in [-0.2, 0) is 0 Å². The standard InChI is InChI=1S/C86H126O12/c1-5-9-13-17-21-25-29-33-37-41-45-65-91-75-57-49-71(50-58-75)83(87)95-79-69-81(97-85(89)73-53-61-77(62-54-73)93-67-47-43-39-35-31-27-23-19-15-11-7-3)82(98-86(90)74-55-63-78(64-56-74)94-68-48-44-40-36-32-28-24-20-16-12-8-4)70-80(79)96-84(88)72-51-59-76(60-52-72)92-66-46-42-38-34-30-26-22-18-14-10-6-2/h49-64,69-70H,5-48,65-68H2,1-4H3. The highest BCUT2D eigenvalue weighted by Gasteiger charge is 2.25. The number of esters is 4. The Balaban J connectivity index is 1.30. The molecule has 0 radical (unpaired) electrons. The third-order valence-electron chi connectivity index (χ3n) is 18.2. The van der Waals surface area contributed by atoms with E-state index in [0.717, 1.165) is 51.4 Å². The van der Waals surface area contributed by atoms with E-state index in [2.05, 4.69) is 27.7 Å². The Morgan fingerprint density at radius 1 is 0.204 bits per heavy atom. The number of unbranched alkanes of at least 4 members (excludes halogenated alkanes) is 40. The van der Waals surface area contributed by atoms with Gasteiger partial charge < -0.3 is 37.9 Å². The van der Waals surface area contributed by atoms with Gasteiger partial charge in [-0.05, 0) is 123 Å². The molecule has 12 nitrogen and oxygen atoms in total. The molecular weight excluding hydrogens is 1220 g/mol. The van der Waals surface area contributed by atoms with Crippen molar-refractivity contribution in [2.75, 3.05) is 26.4 Å². The molecule has 0 aliphatic carbocycles. The van der Waals surface area contributed by atoms with Gasteiger partial charge in [0, 0.05) is 12.1 Å². The predicted molar refractivity (Wildman–Crippen MR) is 400 cm³/mol. The van der Waals surface area contributed by atoms with Crippen LogP contribution in [0.4, 0.5) is 0 Å². The molecule has 0 saturated carbocycles. The molecule has 0 spiro atoms. The molecule has 0 bridgehead atoms. The molecule has 0 saturated heterocycles. The number of benzene rings is 5. The Morgan fingerprint density at radius 3 is 0.500 bits per heavy atom. The van der Waals surface area contributed by atoms with Crippen LogP contribution in [0.2, 0.25) is 0 Å². The molecule has 12 heteroatoms. The van der Waals surface area contributed by atoms with Gasteiger partial charge in [-0.25, -0.2) is 19.2 Å². The average molecular weight is 1350 g/mol. The average Bonchev–Trinajstić information content (AvgIpc) is 0.805. The molecule has 5 rings (SSSR count). The van der Waals surface area contributed by atoms with Crippen LogP contribution in [0, 0.1) is 0 Å². The Kier molecular flexibility index (Phi) is 45.2. The van der Waals surface area contributed by atoms with Crippen molar-refractivity contribution in [3.8, 4) is 46.0 Å². The van der Waals surface area contributed by atoms with E-state index in [-0.39, 0.29) is 45.3 Å². The lowest BCUT2D eigenvalue weighted by Crippen LogP contribution is -2.16. The maximum Gasteiger partial charge on any atom is 0.343 e. The van der Waals surface area contributed by atoms with Crippen molar-refractivity contribution in [3.63, 3.8) is 0 Å². The smallest absolute Gasteiger partial charge is 0.343 e. The normalized spacial score (nSPS) is 11.1. The summed E-state index contributed by atoms with van der Waals surface area (Å²) in [6.07, 6.45) is 54.4. The topological polar surface area (TPSA) is 142 Å². The third-order valence-corrected chi connectivity index (χ3v) is 18.2. The quantitative estimate of drug-likeness (QED) is 0.0208. The van der Waals surface area contributed by atoms with Crippen LogP contribution in [0.25, 0.3) is 0 Å². The van der Waals surface area contributed by atoms with Gasteiger partial charge in [-0.2, -0.15) is 0 Å². The number of ether oxygens (including phenoxy) is 8. The number of hydrogen-bond acceptors (Lipinski definition) is 12. The van der Waals surface area contributed by atoms with E-state index in [0.29, 0.717) is 49.4 Å². The number of carbonyl (C=O) groups excluding carboxylic acids is 4. The highest BCUT2D eigenvalue weighted by atomic mass is 16.6. The monoisotopic (exact) mass is 1350 g/mol. The maximum absolute atomic E-state index is 14.2. The first-order valence-electron chi connectivity index (χ1n) is 39.2. The fourth-order valence-electron chi connectivity index (χ4n) is 12.1. The SMILES string of the molecule is CCCCCCCCCCCCCOc1ccc(C(=O)Oc2cc(OC(=O)c3ccc(OCCCCCCCCCCCCC)cc3)c(OC(=O)c3ccc(OCCCCCCCCCCCCC)cc3)cc2OC(=O)c2ccc(OCCCCCCCCCCCCC)cc2)cc1. The second-order valence-electron chi connectivity index (χ2n) is 26.9. The van der Waals surface area contributed by atoms with Gasteiger partial charge in [0.25, 0.3) is 0 Å². The molecule has 0 fully saturated rings. The molecule has 0 unspecified atom stereocenters. The van der Waals surface area contributed by atoms with Crippen molar-refractivity contribution in [3.05, 3.63) is 131 Å². The minimum absolute atomic E-state index is 0.180. The molecule has 0 aromatic heterocycles. The molecule has 0 aliphatic heterocycles. The van der Waals surface area contributed by atoms with Gasteiger partial charge >= 0.3 is 23.9 Å². The second-order valence-corrected chi connectivity index (χ2v) is 26.9. The fourth-order valence-corrected chi connectivity index (χ4v) is 12.1. The van der Waals surface area contributed by atoms with Crippen molar-refractivity contribution >= 4 is 23.9 Å². The molecule has 0 heterocycles. The van der Waals surface area contributed by atoms with E-state index in [9.17, 15) is 19.2 Å². The van der Waals surface area contributed by atoms with Crippen LogP contribution in [0.5, 0.6) is 46.0 Å². The first-order chi connectivity index (χ1) is 48.2. The second kappa shape index (κ2) is 54.1. The van der Waals surface area contributed by atoms with Crippen LogP contribution < -0.4 is 37.9 Å². The van der Waals surface area contributed by atoms with E-state index < -0.39 is 23.9 Å². The summed E-state index contributed by atoms with van der Waals surface area (Å²) in [5.74, 6) is -1.85. The lowest BCUT2D eigenvalue weighted by Gasteiger charge is -2.16. The third kappa shape index (κ3) is 36.8. The van der Waals surface area contributed by atoms with Gasteiger partial charge in [0.15, 0.2) is 23.0 Å². The van der Waals surface area contributed by atoms with Crippen molar-refractivity contribution in [2.24, 2.45) is 0 Å². The van der Waals surface area contributed by atoms with Gasteiger partial charge in [-0.3, -0.25) is 0 Å². The largest absolute Gasteiger partial charge is 0.494 e. The summed E-state index contributed by atoms with van der Waals surface area (Å²) >= 11 is 0. The minimum atomic E-state index is -0.796. The summed E-state index contributed by atoms with van der Waals surface area (Å²) in [5.41, 5.74) is 0.719. The Hall–Kier alpha value is -6.82. The van der Waals surface area contributed by atoms with E-state index in [1.807, 2.05) is 0 Å².